The fourth-order valence-electron chi connectivity index (χ4n) is 3.14. The molecule has 24 heavy (non-hydrogen) atoms. The van der Waals surface area contributed by atoms with Crippen LogP contribution in [0.2, 0.25) is 0 Å². The third-order valence-electron chi connectivity index (χ3n) is 4.49. The molecule has 1 atom stereocenters. The third-order valence-corrected chi connectivity index (χ3v) is 4.49. The number of anilines is 2. The molecule has 1 amide bonds. The maximum Gasteiger partial charge on any atom is 0.335 e. The van der Waals surface area contributed by atoms with Crippen LogP contribution in [0.1, 0.15) is 31.2 Å². The van der Waals surface area contributed by atoms with E-state index in [4.69, 9.17) is 9.47 Å². The van der Waals surface area contributed by atoms with Gasteiger partial charge in [0.25, 0.3) is 5.91 Å². The summed E-state index contributed by atoms with van der Waals surface area (Å²) in [5.41, 5.74) is 2.93. The van der Waals surface area contributed by atoms with Crippen LogP contribution < -0.4 is 10.2 Å². The predicted molar refractivity (Wildman–Crippen MR) is 91.2 cm³/mol. The smallest absolute Gasteiger partial charge is 0.335 e. The maximum absolute atomic E-state index is 12.0. The molecule has 0 aromatic heterocycles. The van der Waals surface area contributed by atoms with Crippen LogP contribution in [0.3, 0.4) is 0 Å². The molecule has 0 bridgehead atoms. The summed E-state index contributed by atoms with van der Waals surface area (Å²) in [6.07, 6.45) is 3.46. The van der Waals surface area contributed by atoms with Gasteiger partial charge in [-0.15, -0.1) is 0 Å². The Labute approximate surface area is 142 Å². The van der Waals surface area contributed by atoms with E-state index < -0.39 is 12.1 Å². The van der Waals surface area contributed by atoms with E-state index in [0.717, 1.165) is 30.8 Å². The van der Waals surface area contributed by atoms with E-state index in [2.05, 4.69) is 16.3 Å². The summed E-state index contributed by atoms with van der Waals surface area (Å²) in [7, 11) is 0. The summed E-state index contributed by atoms with van der Waals surface area (Å²) in [5, 5.41) is 2.80. The molecule has 2 aliphatic heterocycles. The van der Waals surface area contributed by atoms with E-state index in [9.17, 15) is 9.59 Å². The van der Waals surface area contributed by atoms with E-state index in [0.29, 0.717) is 13.0 Å². The molecular formula is C18H24N2O4. The van der Waals surface area contributed by atoms with Gasteiger partial charge in [0.05, 0.1) is 0 Å². The number of nitrogens with one attached hydrogen (secondary N) is 1. The fourth-order valence-corrected chi connectivity index (χ4v) is 3.14. The minimum Gasteiger partial charge on any atom is -0.454 e. The molecule has 2 aliphatic rings. The van der Waals surface area contributed by atoms with Gasteiger partial charge >= 0.3 is 5.97 Å². The van der Waals surface area contributed by atoms with Crippen LogP contribution in [0.15, 0.2) is 18.2 Å². The monoisotopic (exact) mass is 332 g/mol. The van der Waals surface area contributed by atoms with Crippen LogP contribution >= 0.6 is 0 Å². The highest BCUT2D eigenvalue weighted by Gasteiger charge is 2.25. The number of hydrogen-bond acceptors (Lipinski definition) is 5. The summed E-state index contributed by atoms with van der Waals surface area (Å²) in [6.45, 7) is 4.43. The van der Waals surface area contributed by atoms with Crippen LogP contribution in [0.4, 0.5) is 11.4 Å². The molecule has 130 valence electrons. The average Bonchev–Trinajstić information content (AvgIpc) is 3.27. The topological polar surface area (TPSA) is 67.9 Å². The zero-order valence-electron chi connectivity index (χ0n) is 14.0. The van der Waals surface area contributed by atoms with Crippen molar-refractivity contribution in [2.75, 3.05) is 36.5 Å². The number of hydrogen-bond donors (Lipinski definition) is 1. The molecule has 0 unspecified atom stereocenters. The Balaban J connectivity index is 1.51. The molecule has 3 rings (SSSR count). The van der Waals surface area contributed by atoms with Gasteiger partial charge in [0, 0.05) is 31.1 Å². The van der Waals surface area contributed by atoms with Gasteiger partial charge in [-0.2, -0.15) is 0 Å². The standard InChI is InChI=1S/C18H24N2O4/c1-13-11-14(20-8-2-3-9-20)6-7-15(13)19-17(21)12-24-18(22)16-5-4-10-23-16/h6-7,11,16H,2-5,8-10,12H2,1H3,(H,19,21)/t16-/m1/s1. The molecule has 0 radical (unpaired) electrons. The molecule has 2 fully saturated rings. The number of amides is 1. The molecule has 1 N–H and O–H groups in total. The van der Waals surface area contributed by atoms with Crippen LogP contribution in [0, 0.1) is 6.92 Å². The van der Waals surface area contributed by atoms with Crippen LogP contribution in [0.25, 0.3) is 0 Å². The van der Waals surface area contributed by atoms with Crippen molar-refractivity contribution in [2.24, 2.45) is 0 Å². The Hall–Kier alpha value is -2.08. The van der Waals surface area contributed by atoms with E-state index >= 15 is 0 Å². The molecule has 2 heterocycles. The highest BCUT2D eigenvalue weighted by molar-refractivity contribution is 5.94. The third kappa shape index (κ3) is 4.06. The molecule has 0 aliphatic carbocycles. The van der Waals surface area contributed by atoms with E-state index in [1.165, 1.54) is 18.5 Å². The molecular weight excluding hydrogens is 308 g/mol. The summed E-state index contributed by atoms with van der Waals surface area (Å²) in [5.74, 6) is -0.790. The first-order valence-electron chi connectivity index (χ1n) is 8.57. The number of esters is 1. The summed E-state index contributed by atoms with van der Waals surface area (Å²) < 4.78 is 10.3. The molecule has 6 nitrogen and oxygen atoms in total. The van der Waals surface area contributed by atoms with Crippen LogP contribution in [0.5, 0.6) is 0 Å². The average molecular weight is 332 g/mol. The zero-order valence-corrected chi connectivity index (χ0v) is 14.0. The molecule has 1 aromatic rings. The van der Waals surface area contributed by atoms with Crippen molar-refractivity contribution in [1.82, 2.24) is 0 Å². The van der Waals surface area contributed by atoms with Crippen molar-refractivity contribution >= 4 is 23.3 Å². The molecule has 2 saturated heterocycles. The van der Waals surface area contributed by atoms with Crippen molar-refractivity contribution in [2.45, 2.75) is 38.7 Å². The molecule has 1 aromatic carbocycles. The van der Waals surface area contributed by atoms with Crippen molar-refractivity contribution in [3.63, 3.8) is 0 Å². The fraction of sp³-hybridized carbons (Fsp3) is 0.556. The van der Waals surface area contributed by atoms with E-state index in [1.54, 1.807) is 0 Å². The van der Waals surface area contributed by atoms with Crippen molar-refractivity contribution < 1.29 is 19.1 Å². The van der Waals surface area contributed by atoms with Gasteiger partial charge in [-0.25, -0.2) is 4.79 Å². The maximum atomic E-state index is 12.0. The lowest BCUT2D eigenvalue weighted by molar-refractivity contribution is -0.156. The number of nitrogens with zero attached hydrogens (tertiary/aromatic N) is 1. The van der Waals surface area contributed by atoms with Crippen molar-refractivity contribution in [3.05, 3.63) is 23.8 Å². The van der Waals surface area contributed by atoms with Gasteiger partial charge in [0.1, 0.15) is 0 Å². The summed E-state index contributed by atoms with van der Waals surface area (Å²) in [4.78, 5) is 26.1. The van der Waals surface area contributed by atoms with Gasteiger partial charge in [-0.1, -0.05) is 0 Å². The molecule has 6 heteroatoms. The molecule has 0 spiro atoms. The lowest BCUT2D eigenvalue weighted by atomic mass is 10.1. The quantitative estimate of drug-likeness (QED) is 0.838. The number of ether oxygens (including phenoxy) is 2. The summed E-state index contributed by atoms with van der Waals surface area (Å²) >= 11 is 0. The van der Waals surface area contributed by atoms with Gasteiger partial charge < -0.3 is 19.7 Å². The number of carbonyl (C=O) groups excluding carboxylic acids is 2. The van der Waals surface area contributed by atoms with Gasteiger partial charge in [0.2, 0.25) is 0 Å². The van der Waals surface area contributed by atoms with Crippen molar-refractivity contribution in [1.29, 1.82) is 0 Å². The first-order valence-corrected chi connectivity index (χ1v) is 8.57. The second-order valence-corrected chi connectivity index (χ2v) is 6.35. The SMILES string of the molecule is Cc1cc(N2CCCC2)ccc1NC(=O)COC(=O)[C@H]1CCCO1. The van der Waals surface area contributed by atoms with Crippen molar-refractivity contribution in [3.8, 4) is 0 Å². The Kier molecular flexibility index (Phi) is 5.35. The molecule has 0 saturated carbocycles. The minimum absolute atomic E-state index is 0.286. The van der Waals surface area contributed by atoms with Gasteiger partial charge in [-0.05, 0) is 56.4 Å². The van der Waals surface area contributed by atoms with Gasteiger partial charge in [0.15, 0.2) is 12.7 Å². The number of carbonyl (C=O) groups is 2. The highest BCUT2D eigenvalue weighted by Crippen LogP contribution is 2.25. The van der Waals surface area contributed by atoms with Crippen LogP contribution in [-0.2, 0) is 19.1 Å². The Morgan fingerprint density at radius 3 is 2.75 bits per heavy atom. The minimum atomic E-state index is -0.515. The largest absolute Gasteiger partial charge is 0.454 e. The van der Waals surface area contributed by atoms with Crippen LogP contribution in [-0.4, -0.2) is 44.3 Å². The Morgan fingerprint density at radius 2 is 2.08 bits per heavy atom. The van der Waals surface area contributed by atoms with E-state index in [1.807, 2.05) is 19.1 Å². The second kappa shape index (κ2) is 7.66. The number of rotatable bonds is 5. The Bertz CT molecular complexity index is 605. The number of benzene rings is 1. The van der Waals surface area contributed by atoms with Gasteiger partial charge in [-0.3, -0.25) is 4.79 Å². The normalized spacial score (nSPS) is 20.2. The Morgan fingerprint density at radius 1 is 1.29 bits per heavy atom. The number of aryl methyl sites for hydroxylation is 1. The lowest BCUT2D eigenvalue weighted by Crippen LogP contribution is -2.27. The first-order chi connectivity index (χ1) is 11.6. The highest BCUT2D eigenvalue weighted by atomic mass is 16.6. The second-order valence-electron chi connectivity index (χ2n) is 6.35. The lowest BCUT2D eigenvalue weighted by Gasteiger charge is -2.19. The first kappa shape index (κ1) is 16.8. The van der Waals surface area contributed by atoms with E-state index in [-0.39, 0.29) is 12.5 Å². The zero-order chi connectivity index (χ0) is 16.9. The predicted octanol–water partition coefficient (Wildman–Crippen LogP) is 2.26. The summed E-state index contributed by atoms with van der Waals surface area (Å²) in [6, 6.07) is 6.01.